The summed E-state index contributed by atoms with van der Waals surface area (Å²) in [4.78, 5) is 22.8. The number of halogens is 1. The van der Waals surface area contributed by atoms with Crippen LogP contribution in [0, 0.1) is 5.82 Å². The number of esters is 1. The molecule has 0 saturated carbocycles. The monoisotopic (exact) mass is 267 g/mol. The van der Waals surface area contributed by atoms with Gasteiger partial charge in [-0.15, -0.1) is 0 Å². The number of ketones is 1. The third-order valence-electron chi connectivity index (χ3n) is 2.63. The van der Waals surface area contributed by atoms with Crippen LogP contribution < -0.4 is 5.32 Å². The van der Waals surface area contributed by atoms with Crippen LogP contribution in [0.4, 0.5) is 4.39 Å². The van der Waals surface area contributed by atoms with Crippen LogP contribution in [0.2, 0.25) is 0 Å². The fraction of sp³-hybridized carbons (Fsp3) is 0.429. The molecule has 1 atom stereocenters. The van der Waals surface area contributed by atoms with Gasteiger partial charge in [0.15, 0.2) is 0 Å². The SMILES string of the molecule is CCOC(=O)CC(NCc1ccc(F)cc1)C(C)=O. The molecule has 0 bridgehead atoms. The molecular formula is C14H18FNO3. The first-order valence-corrected chi connectivity index (χ1v) is 6.16. The second-order valence-electron chi connectivity index (χ2n) is 4.18. The maximum atomic E-state index is 12.7. The Labute approximate surface area is 112 Å². The van der Waals surface area contributed by atoms with E-state index in [9.17, 15) is 14.0 Å². The molecule has 0 aliphatic carbocycles. The third kappa shape index (κ3) is 5.61. The summed E-state index contributed by atoms with van der Waals surface area (Å²) in [6.45, 7) is 3.82. The van der Waals surface area contributed by atoms with Crippen LogP contribution in [0.5, 0.6) is 0 Å². The molecule has 1 rings (SSSR count). The lowest BCUT2D eigenvalue weighted by atomic mass is 10.1. The van der Waals surface area contributed by atoms with Crippen molar-refractivity contribution in [1.82, 2.24) is 5.32 Å². The zero-order valence-corrected chi connectivity index (χ0v) is 11.1. The summed E-state index contributed by atoms with van der Waals surface area (Å²) < 4.78 is 17.5. The van der Waals surface area contributed by atoms with Crippen molar-refractivity contribution in [2.45, 2.75) is 32.9 Å². The first-order chi connectivity index (χ1) is 9.02. The number of rotatable bonds is 7. The molecule has 0 heterocycles. The highest BCUT2D eigenvalue weighted by atomic mass is 19.1. The first kappa shape index (κ1) is 15.3. The normalized spacial score (nSPS) is 11.9. The molecule has 5 heteroatoms. The number of ether oxygens (including phenoxy) is 1. The van der Waals surface area contributed by atoms with Crippen molar-refractivity contribution >= 4 is 11.8 Å². The lowest BCUT2D eigenvalue weighted by Gasteiger charge is -2.15. The minimum absolute atomic E-state index is 0.00433. The van der Waals surface area contributed by atoms with Gasteiger partial charge in [-0.25, -0.2) is 4.39 Å². The summed E-state index contributed by atoms with van der Waals surface area (Å²) in [7, 11) is 0. The topological polar surface area (TPSA) is 55.4 Å². The number of hydrogen-bond donors (Lipinski definition) is 1. The second-order valence-corrected chi connectivity index (χ2v) is 4.18. The zero-order chi connectivity index (χ0) is 14.3. The first-order valence-electron chi connectivity index (χ1n) is 6.16. The summed E-state index contributed by atoms with van der Waals surface area (Å²) in [5, 5.41) is 2.97. The highest BCUT2D eigenvalue weighted by Crippen LogP contribution is 2.04. The van der Waals surface area contributed by atoms with Gasteiger partial charge in [0.1, 0.15) is 11.6 Å². The summed E-state index contributed by atoms with van der Waals surface area (Å²) in [5.74, 6) is -0.845. The maximum Gasteiger partial charge on any atom is 0.307 e. The van der Waals surface area contributed by atoms with Crippen molar-refractivity contribution in [2.24, 2.45) is 0 Å². The van der Waals surface area contributed by atoms with E-state index in [1.807, 2.05) is 0 Å². The van der Waals surface area contributed by atoms with Crippen molar-refractivity contribution < 1.29 is 18.7 Å². The number of nitrogens with one attached hydrogen (secondary N) is 1. The third-order valence-corrected chi connectivity index (χ3v) is 2.63. The number of carbonyl (C=O) groups excluding carboxylic acids is 2. The van der Waals surface area contributed by atoms with Gasteiger partial charge >= 0.3 is 5.97 Å². The molecular weight excluding hydrogens is 249 g/mol. The lowest BCUT2D eigenvalue weighted by molar-refractivity contribution is -0.145. The van der Waals surface area contributed by atoms with E-state index in [2.05, 4.69) is 5.32 Å². The van der Waals surface area contributed by atoms with Gasteiger partial charge in [0, 0.05) is 6.54 Å². The Hall–Kier alpha value is -1.75. The predicted molar refractivity (Wildman–Crippen MR) is 69.0 cm³/mol. The molecule has 104 valence electrons. The van der Waals surface area contributed by atoms with Crippen molar-refractivity contribution in [3.8, 4) is 0 Å². The average Bonchev–Trinajstić information content (AvgIpc) is 2.36. The molecule has 0 spiro atoms. The van der Waals surface area contributed by atoms with Gasteiger partial charge in [0.2, 0.25) is 0 Å². The number of carbonyl (C=O) groups is 2. The molecule has 1 N–H and O–H groups in total. The van der Waals surface area contributed by atoms with Crippen LogP contribution in [0.15, 0.2) is 24.3 Å². The van der Waals surface area contributed by atoms with Gasteiger partial charge in [-0.2, -0.15) is 0 Å². The number of Topliss-reactive ketones (excluding diaryl/α,β-unsaturated/α-hetero) is 1. The molecule has 0 aromatic heterocycles. The van der Waals surface area contributed by atoms with Gasteiger partial charge in [-0.1, -0.05) is 12.1 Å². The largest absolute Gasteiger partial charge is 0.466 e. The van der Waals surface area contributed by atoms with Crippen molar-refractivity contribution in [2.75, 3.05) is 6.61 Å². The van der Waals surface area contributed by atoms with E-state index in [1.165, 1.54) is 19.1 Å². The maximum absolute atomic E-state index is 12.7. The summed E-state index contributed by atoms with van der Waals surface area (Å²) in [6, 6.07) is 5.38. The van der Waals surface area contributed by atoms with E-state index in [1.54, 1.807) is 19.1 Å². The molecule has 0 aliphatic rings. The Morgan fingerprint density at radius 2 is 1.95 bits per heavy atom. The van der Waals surface area contributed by atoms with Crippen LogP contribution in [-0.2, 0) is 20.9 Å². The van der Waals surface area contributed by atoms with Gasteiger partial charge in [0.25, 0.3) is 0 Å². The van der Waals surface area contributed by atoms with E-state index < -0.39 is 12.0 Å². The Morgan fingerprint density at radius 3 is 2.47 bits per heavy atom. The van der Waals surface area contributed by atoms with Gasteiger partial charge in [-0.05, 0) is 31.5 Å². The molecule has 0 amide bonds. The van der Waals surface area contributed by atoms with Crippen molar-refractivity contribution in [3.05, 3.63) is 35.6 Å². The molecule has 1 unspecified atom stereocenters. The lowest BCUT2D eigenvalue weighted by Crippen LogP contribution is -2.37. The zero-order valence-electron chi connectivity index (χ0n) is 11.1. The minimum Gasteiger partial charge on any atom is -0.466 e. The van der Waals surface area contributed by atoms with Crippen molar-refractivity contribution in [3.63, 3.8) is 0 Å². The van der Waals surface area contributed by atoms with Crippen LogP contribution >= 0.6 is 0 Å². The minimum atomic E-state index is -0.580. The standard InChI is InChI=1S/C14H18FNO3/c1-3-19-14(18)8-13(10(2)17)16-9-11-4-6-12(15)7-5-11/h4-7,13,16H,3,8-9H2,1-2H3. The van der Waals surface area contributed by atoms with E-state index >= 15 is 0 Å². The van der Waals surface area contributed by atoms with Crippen LogP contribution in [0.3, 0.4) is 0 Å². The van der Waals surface area contributed by atoms with Crippen molar-refractivity contribution in [1.29, 1.82) is 0 Å². The Kier molecular flexibility index (Phi) is 6.15. The average molecular weight is 267 g/mol. The highest BCUT2D eigenvalue weighted by Gasteiger charge is 2.18. The van der Waals surface area contributed by atoms with E-state index in [-0.39, 0.29) is 18.0 Å². The quantitative estimate of drug-likeness (QED) is 0.766. The molecule has 4 nitrogen and oxygen atoms in total. The van der Waals surface area contributed by atoms with Gasteiger partial charge < -0.3 is 10.1 Å². The van der Waals surface area contributed by atoms with E-state index in [4.69, 9.17) is 4.74 Å². The summed E-state index contributed by atoms with van der Waals surface area (Å²) >= 11 is 0. The fourth-order valence-electron chi connectivity index (χ4n) is 1.59. The molecule has 0 radical (unpaired) electrons. The molecule has 0 saturated heterocycles. The molecule has 0 aliphatic heterocycles. The Bertz CT molecular complexity index is 431. The second kappa shape index (κ2) is 7.63. The van der Waals surface area contributed by atoms with Crippen LogP contribution in [0.25, 0.3) is 0 Å². The van der Waals surface area contributed by atoms with Gasteiger partial charge in [-0.3, -0.25) is 9.59 Å². The van der Waals surface area contributed by atoms with E-state index in [0.717, 1.165) is 5.56 Å². The molecule has 19 heavy (non-hydrogen) atoms. The molecule has 1 aromatic carbocycles. The highest BCUT2D eigenvalue weighted by molar-refractivity contribution is 5.86. The Balaban J connectivity index is 2.52. The molecule has 1 aromatic rings. The smallest absolute Gasteiger partial charge is 0.307 e. The number of hydrogen-bond acceptors (Lipinski definition) is 4. The van der Waals surface area contributed by atoms with Gasteiger partial charge in [0.05, 0.1) is 19.1 Å². The number of benzene rings is 1. The van der Waals surface area contributed by atoms with E-state index in [0.29, 0.717) is 13.2 Å². The Morgan fingerprint density at radius 1 is 1.32 bits per heavy atom. The summed E-state index contributed by atoms with van der Waals surface area (Å²) in [6.07, 6.45) is 0.00433. The predicted octanol–water partition coefficient (Wildman–Crippen LogP) is 1.83. The van der Waals surface area contributed by atoms with Crippen LogP contribution in [0.1, 0.15) is 25.8 Å². The van der Waals surface area contributed by atoms with Crippen LogP contribution in [-0.4, -0.2) is 24.4 Å². The summed E-state index contributed by atoms with van der Waals surface area (Å²) in [5.41, 5.74) is 0.844. The molecule has 0 fully saturated rings. The fourth-order valence-corrected chi connectivity index (χ4v) is 1.59.